The Kier molecular flexibility index (Phi) is 6.10. The van der Waals surface area contributed by atoms with Crippen molar-refractivity contribution in [3.8, 4) is 17.0 Å². The summed E-state index contributed by atoms with van der Waals surface area (Å²) >= 11 is 10.4. The monoisotopic (exact) mass is 466 g/mol. The highest BCUT2D eigenvalue weighted by Crippen LogP contribution is 2.27. The number of thiazole rings is 1. The summed E-state index contributed by atoms with van der Waals surface area (Å²) < 4.78 is 5.83. The van der Waals surface area contributed by atoms with E-state index in [9.17, 15) is 14.7 Å². The molecule has 0 saturated heterocycles. The molecule has 0 aliphatic heterocycles. The normalized spacial score (nSPS) is 10.4. The predicted octanol–water partition coefficient (Wildman–Crippen LogP) is 4.73. The number of phenolic OH excluding ortho intramolecular Hbond substituents is 1. The number of hydrogen-bond acceptors (Lipinski definition) is 6. The molecule has 1 amide bonds. The first kappa shape index (κ1) is 19.3. The number of halogens is 2. The lowest BCUT2D eigenvalue weighted by Crippen LogP contribution is -2.20. The summed E-state index contributed by atoms with van der Waals surface area (Å²) in [5.41, 5.74) is 1.52. The first-order chi connectivity index (χ1) is 12.9. The molecule has 138 valence electrons. The zero-order chi connectivity index (χ0) is 19.4. The molecule has 0 spiro atoms. The van der Waals surface area contributed by atoms with Gasteiger partial charge in [0.2, 0.25) is 0 Å². The Hall–Kier alpha value is -2.42. The quantitative estimate of drug-likeness (QED) is 0.530. The summed E-state index contributed by atoms with van der Waals surface area (Å²) in [6, 6.07) is 11.6. The first-order valence-electron chi connectivity index (χ1n) is 7.59. The molecule has 9 heteroatoms. The second-order valence-electron chi connectivity index (χ2n) is 5.33. The van der Waals surface area contributed by atoms with Crippen molar-refractivity contribution in [2.45, 2.75) is 0 Å². The maximum absolute atomic E-state index is 12.0. The smallest absolute Gasteiger partial charge is 0.342 e. The van der Waals surface area contributed by atoms with Gasteiger partial charge in [0, 0.05) is 20.4 Å². The molecule has 0 atom stereocenters. The number of aromatic nitrogens is 1. The van der Waals surface area contributed by atoms with Crippen LogP contribution in [-0.4, -0.2) is 28.6 Å². The summed E-state index contributed by atoms with van der Waals surface area (Å²) in [4.78, 5) is 28.3. The first-order valence-corrected chi connectivity index (χ1v) is 9.64. The molecule has 27 heavy (non-hydrogen) atoms. The van der Waals surface area contributed by atoms with Crippen LogP contribution in [0.4, 0.5) is 5.13 Å². The highest BCUT2D eigenvalue weighted by molar-refractivity contribution is 9.10. The van der Waals surface area contributed by atoms with Crippen LogP contribution in [-0.2, 0) is 9.53 Å². The minimum Gasteiger partial charge on any atom is -0.507 e. The van der Waals surface area contributed by atoms with E-state index in [0.717, 1.165) is 15.7 Å². The molecule has 6 nitrogen and oxygen atoms in total. The average molecular weight is 468 g/mol. The minimum absolute atomic E-state index is 0.110. The van der Waals surface area contributed by atoms with Gasteiger partial charge in [0.05, 0.1) is 5.69 Å². The lowest BCUT2D eigenvalue weighted by atomic mass is 10.2. The van der Waals surface area contributed by atoms with E-state index in [1.165, 1.54) is 29.5 Å². The van der Waals surface area contributed by atoms with Gasteiger partial charge in [0.15, 0.2) is 11.7 Å². The highest BCUT2D eigenvalue weighted by atomic mass is 79.9. The molecule has 0 aliphatic carbocycles. The Labute approximate surface area is 171 Å². The van der Waals surface area contributed by atoms with Crippen molar-refractivity contribution in [3.05, 3.63) is 62.9 Å². The molecule has 0 radical (unpaired) electrons. The maximum atomic E-state index is 12.0. The molecule has 1 aromatic heterocycles. The third-order valence-corrected chi connectivity index (χ3v) is 4.87. The number of anilines is 1. The number of carbonyl (C=O) groups excluding carboxylic acids is 2. The van der Waals surface area contributed by atoms with Crippen LogP contribution in [0.5, 0.6) is 5.75 Å². The van der Waals surface area contributed by atoms with Crippen LogP contribution in [0.2, 0.25) is 5.02 Å². The van der Waals surface area contributed by atoms with Gasteiger partial charge >= 0.3 is 5.97 Å². The Morgan fingerprint density at radius 2 is 2.07 bits per heavy atom. The number of nitrogens with zero attached hydrogens (tertiary/aromatic N) is 1. The minimum atomic E-state index is -0.848. The van der Waals surface area contributed by atoms with Crippen LogP contribution in [0, 0.1) is 0 Å². The molecule has 1 heterocycles. The molecule has 0 fully saturated rings. The molecular weight excluding hydrogens is 456 g/mol. The summed E-state index contributed by atoms with van der Waals surface area (Å²) in [5, 5.41) is 14.7. The number of benzene rings is 2. The van der Waals surface area contributed by atoms with E-state index >= 15 is 0 Å². The number of rotatable bonds is 5. The van der Waals surface area contributed by atoms with Crippen LogP contribution in [0.1, 0.15) is 10.4 Å². The van der Waals surface area contributed by atoms with Crippen molar-refractivity contribution < 1.29 is 19.4 Å². The van der Waals surface area contributed by atoms with Gasteiger partial charge in [-0.1, -0.05) is 39.7 Å². The molecular formula is C18H12BrClN2O4S. The van der Waals surface area contributed by atoms with Crippen molar-refractivity contribution in [2.75, 3.05) is 11.9 Å². The van der Waals surface area contributed by atoms with Crippen LogP contribution in [0.25, 0.3) is 11.3 Å². The van der Waals surface area contributed by atoms with E-state index in [-0.39, 0.29) is 16.3 Å². The fourth-order valence-corrected chi connectivity index (χ4v) is 3.45. The molecule has 3 rings (SSSR count). The van der Waals surface area contributed by atoms with Gasteiger partial charge in [-0.05, 0) is 30.3 Å². The van der Waals surface area contributed by atoms with Crippen molar-refractivity contribution in [1.29, 1.82) is 0 Å². The van der Waals surface area contributed by atoms with Crippen LogP contribution < -0.4 is 5.32 Å². The van der Waals surface area contributed by atoms with E-state index in [1.54, 1.807) is 0 Å². The van der Waals surface area contributed by atoms with E-state index in [2.05, 4.69) is 26.2 Å². The summed E-state index contributed by atoms with van der Waals surface area (Å²) in [5.74, 6) is -1.66. The van der Waals surface area contributed by atoms with Gasteiger partial charge in [0.1, 0.15) is 11.3 Å². The number of hydrogen-bond donors (Lipinski definition) is 2. The predicted molar refractivity (Wildman–Crippen MR) is 107 cm³/mol. The Morgan fingerprint density at radius 1 is 1.26 bits per heavy atom. The second kappa shape index (κ2) is 8.51. The maximum Gasteiger partial charge on any atom is 0.342 e. The Balaban J connectivity index is 1.58. The molecule has 0 bridgehead atoms. The zero-order valence-electron chi connectivity index (χ0n) is 13.6. The molecule has 0 saturated carbocycles. The standard InChI is InChI=1S/C18H12BrClN2O4S/c19-11-3-1-2-10(6-11)14-9-27-18(21-14)22-16(24)8-26-17(25)13-7-12(20)4-5-15(13)23/h1-7,9,23H,8H2,(H,21,22,24). The van der Waals surface area contributed by atoms with Gasteiger partial charge in [-0.3, -0.25) is 10.1 Å². The largest absolute Gasteiger partial charge is 0.507 e. The highest BCUT2D eigenvalue weighted by Gasteiger charge is 2.16. The third-order valence-electron chi connectivity index (χ3n) is 3.38. The molecule has 2 N–H and O–H groups in total. The fourth-order valence-electron chi connectivity index (χ4n) is 2.15. The van der Waals surface area contributed by atoms with Crippen molar-refractivity contribution in [1.82, 2.24) is 4.98 Å². The fraction of sp³-hybridized carbons (Fsp3) is 0.0556. The van der Waals surface area contributed by atoms with Gasteiger partial charge in [0.25, 0.3) is 5.91 Å². The lowest BCUT2D eigenvalue weighted by Gasteiger charge is -2.06. The molecule has 0 aliphatic rings. The number of carbonyl (C=O) groups is 2. The van der Waals surface area contributed by atoms with Crippen LogP contribution >= 0.6 is 38.9 Å². The van der Waals surface area contributed by atoms with Crippen LogP contribution in [0.3, 0.4) is 0 Å². The molecule has 0 unspecified atom stereocenters. The summed E-state index contributed by atoms with van der Waals surface area (Å²) in [6.07, 6.45) is 0. The lowest BCUT2D eigenvalue weighted by molar-refractivity contribution is -0.119. The Bertz CT molecular complexity index is 1010. The average Bonchev–Trinajstić information content (AvgIpc) is 3.10. The van der Waals surface area contributed by atoms with Crippen molar-refractivity contribution in [3.63, 3.8) is 0 Å². The third kappa shape index (κ3) is 5.06. The van der Waals surface area contributed by atoms with E-state index < -0.39 is 18.5 Å². The number of ether oxygens (including phenoxy) is 1. The van der Waals surface area contributed by atoms with Gasteiger partial charge in [-0.2, -0.15) is 0 Å². The topological polar surface area (TPSA) is 88.5 Å². The number of amides is 1. The van der Waals surface area contributed by atoms with Crippen LogP contribution in [0.15, 0.2) is 52.3 Å². The van der Waals surface area contributed by atoms with Crippen molar-refractivity contribution >= 4 is 55.9 Å². The van der Waals surface area contributed by atoms with Gasteiger partial charge in [-0.25, -0.2) is 9.78 Å². The summed E-state index contributed by atoms with van der Waals surface area (Å²) in [6.45, 7) is -0.517. The van der Waals surface area contributed by atoms with E-state index in [0.29, 0.717) is 5.13 Å². The Morgan fingerprint density at radius 3 is 2.85 bits per heavy atom. The number of aromatic hydroxyl groups is 1. The summed E-state index contributed by atoms with van der Waals surface area (Å²) in [7, 11) is 0. The van der Waals surface area contributed by atoms with Gasteiger partial charge in [-0.15, -0.1) is 11.3 Å². The SMILES string of the molecule is O=C(COC(=O)c1cc(Cl)ccc1O)Nc1nc(-c2cccc(Br)c2)cs1. The van der Waals surface area contributed by atoms with E-state index in [1.807, 2.05) is 29.6 Å². The molecule has 3 aromatic rings. The number of nitrogens with one attached hydrogen (secondary N) is 1. The zero-order valence-corrected chi connectivity index (χ0v) is 16.8. The number of esters is 1. The van der Waals surface area contributed by atoms with Crippen molar-refractivity contribution in [2.24, 2.45) is 0 Å². The van der Waals surface area contributed by atoms with E-state index in [4.69, 9.17) is 16.3 Å². The number of phenols is 1. The molecule has 2 aromatic carbocycles. The second-order valence-corrected chi connectivity index (χ2v) is 7.54. The van der Waals surface area contributed by atoms with Gasteiger partial charge < -0.3 is 9.84 Å².